The summed E-state index contributed by atoms with van der Waals surface area (Å²) in [6, 6.07) is 17.7. The molecule has 3 aromatic carbocycles. The van der Waals surface area contributed by atoms with Gasteiger partial charge in [0.15, 0.2) is 0 Å². The first-order valence-electron chi connectivity index (χ1n) is 8.06. The quantitative estimate of drug-likeness (QED) is 0.181. The topological polar surface area (TPSA) is 86.5 Å². The molecule has 0 atom stereocenters. The highest BCUT2D eigenvalue weighted by molar-refractivity contribution is 14.1. The molecule has 0 amide bonds. The molecule has 3 aromatic rings. The van der Waals surface area contributed by atoms with Crippen molar-refractivity contribution in [1.82, 2.24) is 0 Å². The first-order chi connectivity index (χ1) is 14.0. The molecule has 0 aliphatic heterocycles. The van der Waals surface area contributed by atoms with E-state index >= 15 is 0 Å². The standard InChI is InChI=1S/C13H8F3NO5S.C6H5I/c14-13(15,16)11-3-1-2-4-12(11)23(20,21)22-10-7-5-9(6-8-10)17(18)19;7-6-4-2-1-3-5-6/h1-8H;1-5H. The van der Waals surface area contributed by atoms with Gasteiger partial charge in [-0.15, -0.1) is 0 Å². The minimum atomic E-state index is -4.87. The zero-order valence-corrected chi connectivity index (χ0v) is 17.9. The number of benzene rings is 3. The maximum atomic E-state index is 12.9. The number of nitro groups is 1. The Kier molecular flexibility index (Phi) is 7.78. The molecule has 6 nitrogen and oxygen atoms in total. The predicted octanol–water partition coefficient (Wildman–Crippen LogP) is 5.67. The second-order valence-electron chi connectivity index (χ2n) is 5.58. The van der Waals surface area contributed by atoms with Crippen molar-refractivity contribution < 1.29 is 30.7 Å². The summed E-state index contributed by atoms with van der Waals surface area (Å²) < 4.78 is 68.6. The van der Waals surface area contributed by atoms with Gasteiger partial charge >= 0.3 is 16.3 Å². The number of non-ortho nitro benzene ring substituents is 1. The van der Waals surface area contributed by atoms with E-state index in [1.54, 1.807) is 0 Å². The zero-order valence-electron chi connectivity index (χ0n) is 14.9. The second-order valence-corrected chi connectivity index (χ2v) is 8.34. The Balaban J connectivity index is 0.000000386. The van der Waals surface area contributed by atoms with Gasteiger partial charge in [0.05, 0.1) is 10.5 Å². The number of alkyl halides is 3. The molecular weight excluding hydrogens is 538 g/mol. The van der Waals surface area contributed by atoms with Crippen molar-refractivity contribution in [3.8, 4) is 5.75 Å². The van der Waals surface area contributed by atoms with Gasteiger partial charge in [0.1, 0.15) is 10.6 Å². The van der Waals surface area contributed by atoms with Crippen LogP contribution in [-0.2, 0) is 16.3 Å². The van der Waals surface area contributed by atoms with Crippen molar-refractivity contribution in [2.75, 3.05) is 0 Å². The summed E-state index contributed by atoms with van der Waals surface area (Å²) in [7, 11) is -4.75. The lowest BCUT2D eigenvalue weighted by molar-refractivity contribution is -0.384. The fourth-order valence-electron chi connectivity index (χ4n) is 2.13. The maximum absolute atomic E-state index is 12.9. The van der Waals surface area contributed by atoms with E-state index in [4.69, 9.17) is 0 Å². The average molecular weight is 551 g/mol. The van der Waals surface area contributed by atoms with E-state index in [9.17, 15) is 31.7 Å². The summed E-state index contributed by atoms with van der Waals surface area (Å²) in [5.74, 6) is -0.340. The van der Waals surface area contributed by atoms with Gasteiger partial charge < -0.3 is 4.18 Å². The van der Waals surface area contributed by atoms with Gasteiger partial charge in [-0.2, -0.15) is 21.6 Å². The minimum Gasteiger partial charge on any atom is -0.379 e. The summed E-state index contributed by atoms with van der Waals surface area (Å²) in [5.41, 5.74) is -1.67. The van der Waals surface area contributed by atoms with Gasteiger partial charge in [0.25, 0.3) is 5.69 Å². The molecule has 0 aromatic heterocycles. The molecule has 0 spiro atoms. The van der Waals surface area contributed by atoms with E-state index in [0.29, 0.717) is 6.07 Å². The van der Waals surface area contributed by atoms with E-state index in [1.807, 2.05) is 18.2 Å². The molecule has 0 aliphatic carbocycles. The van der Waals surface area contributed by atoms with Gasteiger partial charge in [-0.1, -0.05) is 30.3 Å². The van der Waals surface area contributed by atoms with Crippen LogP contribution in [0.3, 0.4) is 0 Å². The van der Waals surface area contributed by atoms with Crippen LogP contribution < -0.4 is 4.18 Å². The highest BCUT2D eigenvalue weighted by Crippen LogP contribution is 2.35. The first-order valence-corrected chi connectivity index (χ1v) is 10.5. The Labute approximate surface area is 183 Å². The highest BCUT2D eigenvalue weighted by Gasteiger charge is 2.37. The van der Waals surface area contributed by atoms with E-state index in [2.05, 4.69) is 38.9 Å². The summed E-state index contributed by atoms with van der Waals surface area (Å²) in [6.45, 7) is 0. The molecule has 0 saturated carbocycles. The number of rotatable bonds is 4. The van der Waals surface area contributed by atoms with Crippen molar-refractivity contribution in [2.24, 2.45) is 0 Å². The van der Waals surface area contributed by atoms with Crippen molar-refractivity contribution in [2.45, 2.75) is 11.1 Å². The molecule has 0 bridgehead atoms. The van der Waals surface area contributed by atoms with Crippen molar-refractivity contribution in [1.29, 1.82) is 0 Å². The van der Waals surface area contributed by atoms with Gasteiger partial charge in [-0.25, -0.2) is 0 Å². The highest BCUT2D eigenvalue weighted by atomic mass is 127. The summed E-state index contributed by atoms with van der Waals surface area (Å²) in [6.07, 6.45) is -4.87. The van der Waals surface area contributed by atoms with Crippen LogP contribution in [0.15, 0.2) is 83.8 Å². The van der Waals surface area contributed by atoms with Gasteiger partial charge in [0.2, 0.25) is 0 Å². The molecule has 158 valence electrons. The summed E-state index contributed by atoms with van der Waals surface area (Å²) in [5, 5.41) is 10.5. The number of nitrogens with zero attached hydrogens (tertiary/aromatic N) is 1. The predicted molar refractivity (Wildman–Crippen MR) is 112 cm³/mol. The summed E-state index contributed by atoms with van der Waals surface area (Å²) >= 11 is 2.28. The normalized spacial score (nSPS) is 11.2. The Morgan fingerprint density at radius 1 is 0.867 bits per heavy atom. The van der Waals surface area contributed by atoms with Crippen LogP contribution in [0.25, 0.3) is 0 Å². The van der Waals surface area contributed by atoms with E-state index in [0.717, 1.165) is 42.5 Å². The van der Waals surface area contributed by atoms with Crippen LogP contribution in [0.1, 0.15) is 5.56 Å². The lowest BCUT2D eigenvalue weighted by Gasteiger charge is -2.13. The lowest BCUT2D eigenvalue weighted by Crippen LogP contribution is -2.17. The molecule has 11 heteroatoms. The lowest BCUT2D eigenvalue weighted by atomic mass is 10.2. The molecular formula is C19H13F3INO5S. The molecule has 0 fully saturated rings. The number of hydrogen-bond donors (Lipinski definition) is 0. The van der Waals surface area contributed by atoms with Gasteiger partial charge in [-0.3, -0.25) is 10.1 Å². The SMILES string of the molecule is Ic1ccccc1.O=[N+]([O-])c1ccc(OS(=O)(=O)c2ccccc2C(F)(F)F)cc1. The second kappa shape index (κ2) is 9.89. The van der Waals surface area contributed by atoms with Crippen molar-refractivity contribution >= 4 is 38.4 Å². The number of hydrogen-bond acceptors (Lipinski definition) is 5. The molecule has 0 heterocycles. The molecule has 30 heavy (non-hydrogen) atoms. The third-order valence-corrected chi connectivity index (χ3v) is 5.47. The van der Waals surface area contributed by atoms with E-state index in [1.165, 1.54) is 3.57 Å². The smallest absolute Gasteiger partial charge is 0.379 e. The van der Waals surface area contributed by atoms with Crippen LogP contribution in [0.4, 0.5) is 18.9 Å². The zero-order chi connectivity index (χ0) is 22.4. The Bertz CT molecular complexity index is 1110. The molecule has 0 saturated heterocycles. The van der Waals surface area contributed by atoms with Crippen LogP contribution in [0.5, 0.6) is 5.75 Å². The van der Waals surface area contributed by atoms with Gasteiger partial charge in [0, 0.05) is 15.7 Å². The van der Waals surface area contributed by atoms with Crippen LogP contribution in [0, 0.1) is 13.7 Å². The van der Waals surface area contributed by atoms with E-state index < -0.39 is 31.7 Å². The van der Waals surface area contributed by atoms with Crippen LogP contribution in [-0.4, -0.2) is 13.3 Å². The van der Waals surface area contributed by atoms with Gasteiger partial charge in [-0.05, 0) is 59.0 Å². The third kappa shape index (κ3) is 6.69. The van der Waals surface area contributed by atoms with Crippen molar-refractivity contribution in [3.05, 3.63) is 98.1 Å². The molecule has 0 aliphatic rings. The largest absolute Gasteiger partial charge is 0.417 e. The average Bonchev–Trinajstić information content (AvgIpc) is 2.68. The minimum absolute atomic E-state index is 0.314. The molecule has 0 unspecified atom stereocenters. The fourth-order valence-corrected chi connectivity index (χ4v) is 3.70. The summed E-state index contributed by atoms with van der Waals surface area (Å²) in [4.78, 5) is 8.75. The van der Waals surface area contributed by atoms with Crippen LogP contribution >= 0.6 is 22.6 Å². The maximum Gasteiger partial charge on any atom is 0.417 e. The molecule has 3 rings (SSSR count). The fraction of sp³-hybridized carbons (Fsp3) is 0.0526. The number of nitro benzene ring substituents is 1. The number of halogens is 4. The first kappa shape index (κ1) is 23.6. The molecule has 0 radical (unpaired) electrons. The van der Waals surface area contributed by atoms with E-state index in [-0.39, 0.29) is 11.4 Å². The van der Waals surface area contributed by atoms with Crippen LogP contribution in [0.2, 0.25) is 0 Å². The Morgan fingerprint density at radius 3 is 1.87 bits per heavy atom. The van der Waals surface area contributed by atoms with Crippen molar-refractivity contribution in [3.63, 3.8) is 0 Å². The monoisotopic (exact) mass is 551 g/mol. The Hall–Kier alpha value is -2.67. The molecule has 0 N–H and O–H groups in total. The Morgan fingerprint density at radius 2 is 1.40 bits per heavy atom. The third-order valence-electron chi connectivity index (χ3n) is 3.45.